The summed E-state index contributed by atoms with van der Waals surface area (Å²) < 4.78 is 5.17. The fraction of sp³-hybridized carbons (Fsp3) is 0.533. The first-order chi connectivity index (χ1) is 10.3. The number of carbonyl (C=O) groups is 2. The molecule has 2 N–H and O–H groups in total. The van der Waals surface area contributed by atoms with Gasteiger partial charge < -0.3 is 10.1 Å². The zero-order valence-electron chi connectivity index (χ0n) is 13.0. The molecule has 1 unspecified atom stereocenters. The third-order valence-electron chi connectivity index (χ3n) is 2.89. The van der Waals surface area contributed by atoms with Crippen LogP contribution >= 0.6 is 11.3 Å². The Balaban J connectivity index is 1.88. The number of nitrogens with zero attached hydrogens (tertiary/aromatic N) is 1. The number of anilines is 1. The summed E-state index contributed by atoms with van der Waals surface area (Å²) in [5, 5.41) is 7.85. The molecule has 6 nitrogen and oxygen atoms in total. The first kappa shape index (κ1) is 16.5. The predicted molar refractivity (Wildman–Crippen MR) is 86.8 cm³/mol. The van der Waals surface area contributed by atoms with Crippen molar-refractivity contribution in [2.45, 2.75) is 51.7 Å². The molecular weight excluding hydrogens is 302 g/mol. The number of hydrogen-bond acceptors (Lipinski definition) is 5. The Morgan fingerprint density at radius 1 is 1.55 bits per heavy atom. The van der Waals surface area contributed by atoms with Crippen molar-refractivity contribution in [1.29, 1.82) is 0 Å². The average Bonchev–Trinajstić information content (AvgIpc) is 2.81. The van der Waals surface area contributed by atoms with Crippen molar-refractivity contribution in [3.8, 4) is 0 Å². The lowest BCUT2D eigenvalue weighted by molar-refractivity contribution is -0.122. The minimum Gasteiger partial charge on any atom is -0.444 e. The standard InChI is InChI=1S/C15H21N3O3S/c1-15(2,3)21-14(20)18-13-17-11(9-22-13)8-7-10-5-4-6-12(19)16-10/h7-10H,4-6H2,1-3H3,(H,16,19)(H,17,18,20)/b8-7+. The van der Waals surface area contributed by atoms with Crippen LogP contribution in [0.25, 0.3) is 6.08 Å². The molecule has 2 rings (SSSR count). The van der Waals surface area contributed by atoms with Gasteiger partial charge in [-0.2, -0.15) is 0 Å². The van der Waals surface area contributed by atoms with E-state index < -0.39 is 11.7 Å². The molecule has 1 aromatic heterocycles. The highest BCUT2D eigenvalue weighted by atomic mass is 32.1. The van der Waals surface area contributed by atoms with E-state index in [2.05, 4.69) is 15.6 Å². The maximum Gasteiger partial charge on any atom is 0.413 e. The van der Waals surface area contributed by atoms with Crippen LogP contribution in [0.15, 0.2) is 11.5 Å². The van der Waals surface area contributed by atoms with Gasteiger partial charge in [0.05, 0.1) is 5.69 Å². The van der Waals surface area contributed by atoms with Crippen LogP contribution in [-0.2, 0) is 9.53 Å². The summed E-state index contributed by atoms with van der Waals surface area (Å²) in [5.41, 5.74) is 0.208. The Hall–Kier alpha value is -1.89. The molecule has 0 aliphatic carbocycles. The number of rotatable bonds is 3. The number of carbonyl (C=O) groups excluding carboxylic acids is 2. The number of amides is 2. The highest BCUT2D eigenvalue weighted by molar-refractivity contribution is 7.14. The lowest BCUT2D eigenvalue weighted by Crippen LogP contribution is -2.37. The van der Waals surface area contributed by atoms with Crippen molar-refractivity contribution in [3.05, 3.63) is 17.2 Å². The topological polar surface area (TPSA) is 80.3 Å². The van der Waals surface area contributed by atoms with E-state index in [4.69, 9.17) is 4.74 Å². The molecule has 1 fully saturated rings. The van der Waals surface area contributed by atoms with Gasteiger partial charge in [-0.05, 0) is 39.7 Å². The van der Waals surface area contributed by atoms with Crippen molar-refractivity contribution in [2.75, 3.05) is 5.32 Å². The minimum atomic E-state index is -0.538. The molecular formula is C15H21N3O3S. The van der Waals surface area contributed by atoms with Gasteiger partial charge in [0.25, 0.3) is 0 Å². The summed E-state index contributed by atoms with van der Waals surface area (Å²) in [6, 6.07) is 0.0604. The summed E-state index contributed by atoms with van der Waals surface area (Å²) in [6.07, 6.45) is 5.72. The maximum atomic E-state index is 11.6. The molecule has 0 saturated carbocycles. The third-order valence-corrected chi connectivity index (χ3v) is 3.67. The van der Waals surface area contributed by atoms with Crippen LogP contribution < -0.4 is 10.6 Å². The Kier molecular flexibility index (Phi) is 5.18. The average molecular weight is 323 g/mol. The second kappa shape index (κ2) is 6.91. The summed E-state index contributed by atoms with van der Waals surface area (Å²) in [4.78, 5) is 27.2. The SMILES string of the molecule is CC(C)(C)OC(=O)Nc1nc(/C=C/C2CCCC(=O)N2)cs1. The first-order valence-corrected chi connectivity index (χ1v) is 8.13. The second-order valence-corrected chi connectivity index (χ2v) is 6.99. The Morgan fingerprint density at radius 2 is 2.32 bits per heavy atom. The van der Waals surface area contributed by atoms with Crippen LogP contribution in [0.3, 0.4) is 0 Å². The van der Waals surface area contributed by atoms with Crippen LogP contribution in [0.4, 0.5) is 9.93 Å². The summed E-state index contributed by atoms with van der Waals surface area (Å²) in [7, 11) is 0. The van der Waals surface area contributed by atoms with Gasteiger partial charge in [0.15, 0.2) is 5.13 Å². The zero-order valence-corrected chi connectivity index (χ0v) is 13.8. The maximum absolute atomic E-state index is 11.6. The number of nitrogens with one attached hydrogen (secondary N) is 2. The molecule has 0 bridgehead atoms. The fourth-order valence-electron chi connectivity index (χ4n) is 2.00. The molecule has 2 amide bonds. The van der Waals surface area contributed by atoms with Crippen LogP contribution in [-0.4, -0.2) is 28.6 Å². The molecule has 120 valence electrons. The van der Waals surface area contributed by atoms with E-state index in [0.29, 0.717) is 11.6 Å². The van der Waals surface area contributed by atoms with Crippen molar-refractivity contribution in [3.63, 3.8) is 0 Å². The minimum absolute atomic E-state index is 0.0604. The van der Waals surface area contributed by atoms with E-state index in [1.165, 1.54) is 11.3 Å². The van der Waals surface area contributed by atoms with Crippen LogP contribution in [0.5, 0.6) is 0 Å². The molecule has 1 aliphatic heterocycles. The molecule has 0 aromatic carbocycles. The van der Waals surface area contributed by atoms with E-state index in [9.17, 15) is 9.59 Å². The molecule has 1 atom stereocenters. The van der Waals surface area contributed by atoms with Gasteiger partial charge in [0.2, 0.25) is 5.91 Å². The summed E-state index contributed by atoms with van der Waals surface area (Å²) in [5.74, 6) is 0.0893. The van der Waals surface area contributed by atoms with Gasteiger partial charge in [0, 0.05) is 17.8 Å². The molecule has 2 heterocycles. The van der Waals surface area contributed by atoms with Crippen molar-refractivity contribution >= 4 is 34.5 Å². The lowest BCUT2D eigenvalue weighted by atomic mass is 10.0. The number of piperidine rings is 1. The van der Waals surface area contributed by atoms with E-state index in [-0.39, 0.29) is 11.9 Å². The van der Waals surface area contributed by atoms with Gasteiger partial charge in [-0.15, -0.1) is 11.3 Å². The van der Waals surface area contributed by atoms with Gasteiger partial charge in [-0.25, -0.2) is 9.78 Å². The number of thiazole rings is 1. The highest BCUT2D eigenvalue weighted by Gasteiger charge is 2.17. The normalized spacial score (nSPS) is 19.0. The first-order valence-electron chi connectivity index (χ1n) is 7.25. The van der Waals surface area contributed by atoms with Crippen molar-refractivity contribution in [2.24, 2.45) is 0 Å². The largest absolute Gasteiger partial charge is 0.444 e. The molecule has 1 saturated heterocycles. The van der Waals surface area contributed by atoms with Gasteiger partial charge in [-0.1, -0.05) is 6.08 Å². The molecule has 1 aromatic rings. The van der Waals surface area contributed by atoms with Crippen LogP contribution in [0.1, 0.15) is 45.7 Å². The van der Waals surface area contributed by atoms with Gasteiger partial charge >= 0.3 is 6.09 Å². The monoisotopic (exact) mass is 323 g/mol. The van der Waals surface area contributed by atoms with Gasteiger partial charge in [0.1, 0.15) is 5.60 Å². The fourth-order valence-corrected chi connectivity index (χ4v) is 2.67. The highest BCUT2D eigenvalue weighted by Crippen LogP contribution is 2.19. The molecule has 22 heavy (non-hydrogen) atoms. The van der Waals surface area contributed by atoms with Crippen molar-refractivity contribution in [1.82, 2.24) is 10.3 Å². The Labute approximate surface area is 134 Å². The summed E-state index contributed by atoms with van der Waals surface area (Å²) >= 11 is 1.33. The molecule has 0 radical (unpaired) electrons. The Bertz CT molecular complexity index is 575. The van der Waals surface area contributed by atoms with Crippen molar-refractivity contribution < 1.29 is 14.3 Å². The second-order valence-electron chi connectivity index (χ2n) is 6.13. The molecule has 0 spiro atoms. The summed E-state index contributed by atoms with van der Waals surface area (Å²) in [6.45, 7) is 5.42. The van der Waals surface area contributed by atoms with Crippen LogP contribution in [0.2, 0.25) is 0 Å². The third kappa shape index (κ3) is 5.48. The van der Waals surface area contributed by atoms with Gasteiger partial charge in [-0.3, -0.25) is 10.1 Å². The van der Waals surface area contributed by atoms with E-state index in [0.717, 1.165) is 18.5 Å². The Morgan fingerprint density at radius 3 is 3.00 bits per heavy atom. The smallest absolute Gasteiger partial charge is 0.413 e. The quantitative estimate of drug-likeness (QED) is 0.895. The number of hydrogen-bond donors (Lipinski definition) is 2. The number of aromatic nitrogens is 1. The molecule has 7 heteroatoms. The van der Waals surface area contributed by atoms with E-state index in [1.54, 1.807) is 20.8 Å². The predicted octanol–water partition coefficient (Wildman–Crippen LogP) is 3.17. The molecule has 1 aliphatic rings. The van der Waals surface area contributed by atoms with E-state index >= 15 is 0 Å². The number of ether oxygens (including phenoxy) is 1. The zero-order chi connectivity index (χ0) is 16.2. The van der Waals surface area contributed by atoms with Crippen LogP contribution in [0, 0.1) is 0 Å². The van der Waals surface area contributed by atoms with E-state index in [1.807, 2.05) is 17.5 Å². The lowest BCUT2D eigenvalue weighted by Gasteiger charge is -2.19.